The fourth-order valence-electron chi connectivity index (χ4n) is 1.45. The van der Waals surface area contributed by atoms with E-state index in [-0.39, 0.29) is 11.2 Å². The maximum Gasteiger partial charge on any atom is 0.164 e. The predicted octanol–water partition coefficient (Wildman–Crippen LogP) is 4.29. The number of carbonyl (C=O) groups is 1. The lowest BCUT2D eigenvalue weighted by Gasteiger charge is -2.26. The Morgan fingerprint density at radius 3 is 2.47 bits per heavy atom. The van der Waals surface area contributed by atoms with Crippen molar-refractivity contribution in [1.82, 2.24) is 0 Å². The van der Waals surface area contributed by atoms with Crippen molar-refractivity contribution in [2.45, 2.75) is 34.1 Å². The van der Waals surface area contributed by atoms with E-state index in [2.05, 4.69) is 43.6 Å². The van der Waals surface area contributed by atoms with E-state index in [1.54, 1.807) is 18.2 Å². The molecule has 0 aliphatic carbocycles. The van der Waals surface area contributed by atoms with Crippen molar-refractivity contribution in [3.8, 4) is 0 Å². The smallest absolute Gasteiger partial charge is 0.164 e. The molecule has 94 valence electrons. The summed E-state index contributed by atoms with van der Waals surface area (Å²) in [6.45, 7) is 8.58. The van der Waals surface area contributed by atoms with Crippen molar-refractivity contribution in [1.29, 1.82) is 0 Å². The van der Waals surface area contributed by atoms with Gasteiger partial charge in [-0.15, -0.1) is 0 Å². The Labute approximate surface area is 112 Å². The standard InChI is InChI=1S/C14H20BrNO/c1-9(14(2,3)4)7-13(17)11-6-5-10(16)8-12(11)15/h5-6,8-9H,7,16H2,1-4H3. The third-order valence-electron chi connectivity index (χ3n) is 3.26. The van der Waals surface area contributed by atoms with Gasteiger partial charge in [0.05, 0.1) is 0 Å². The molecule has 1 rings (SSSR count). The van der Waals surface area contributed by atoms with Gasteiger partial charge in [0, 0.05) is 22.1 Å². The molecule has 0 aromatic heterocycles. The molecule has 0 radical (unpaired) electrons. The summed E-state index contributed by atoms with van der Waals surface area (Å²) in [5.41, 5.74) is 7.19. The first kappa shape index (κ1) is 14.2. The summed E-state index contributed by atoms with van der Waals surface area (Å²) in [5.74, 6) is 0.513. The summed E-state index contributed by atoms with van der Waals surface area (Å²) < 4.78 is 0.781. The van der Waals surface area contributed by atoms with Crippen molar-refractivity contribution < 1.29 is 4.79 Å². The van der Waals surface area contributed by atoms with Crippen LogP contribution in [0.4, 0.5) is 5.69 Å². The number of nitrogen functional groups attached to an aromatic ring is 1. The highest BCUT2D eigenvalue weighted by Gasteiger charge is 2.23. The highest BCUT2D eigenvalue weighted by atomic mass is 79.9. The number of benzene rings is 1. The van der Waals surface area contributed by atoms with Gasteiger partial charge in [0.2, 0.25) is 0 Å². The zero-order chi connectivity index (χ0) is 13.2. The molecule has 1 aromatic rings. The Kier molecular flexibility index (Phi) is 4.36. The van der Waals surface area contributed by atoms with Gasteiger partial charge in [0.25, 0.3) is 0 Å². The lowest BCUT2D eigenvalue weighted by molar-refractivity contribution is 0.0926. The molecule has 0 heterocycles. The quantitative estimate of drug-likeness (QED) is 0.668. The predicted molar refractivity (Wildman–Crippen MR) is 76.1 cm³/mol. The van der Waals surface area contributed by atoms with Crippen LogP contribution in [-0.2, 0) is 0 Å². The van der Waals surface area contributed by atoms with Gasteiger partial charge < -0.3 is 5.73 Å². The lowest BCUT2D eigenvalue weighted by Crippen LogP contribution is -2.20. The molecule has 0 fully saturated rings. The van der Waals surface area contributed by atoms with E-state index in [0.29, 0.717) is 18.0 Å². The maximum absolute atomic E-state index is 12.2. The van der Waals surface area contributed by atoms with Gasteiger partial charge in [-0.1, -0.05) is 27.7 Å². The first-order chi connectivity index (χ1) is 7.71. The van der Waals surface area contributed by atoms with Crippen LogP contribution in [0.15, 0.2) is 22.7 Å². The minimum absolute atomic E-state index is 0.149. The average Bonchev–Trinajstić information content (AvgIpc) is 2.15. The van der Waals surface area contributed by atoms with Crippen LogP contribution >= 0.6 is 15.9 Å². The number of anilines is 1. The van der Waals surface area contributed by atoms with E-state index < -0.39 is 0 Å². The highest BCUT2D eigenvalue weighted by molar-refractivity contribution is 9.10. The summed E-state index contributed by atoms with van der Waals surface area (Å²) >= 11 is 3.39. The minimum Gasteiger partial charge on any atom is -0.399 e. The zero-order valence-electron chi connectivity index (χ0n) is 10.9. The summed E-state index contributed by atoms with van der Waals surface area (Å²) in [6.07, 6.45) is 0.562. The highest BCUT2D eigenvalue weighted by Crippen LogP contribution is 2.30. The number of Topliss-reactive ketones (excluding diaryl/α,β-unsaturated/α-hetero) is 1. The Balaban J connectivity index is 2.84. The molecular formula is C14H20BrNO. The van der Waals surface area contributed by atoms with Gasteiger partial charge in [-0.25, -0.2) is 0 Å². The number of hydrogen-bond donors (Lipinski definition) is 1. The fourth-order valence-corrected chi connectivity index (χ4v) is 2.07. The van der Waals surface area contributed by atoms with Crippen LogP contribution in [0.1, 0.15) is 44.5 Å². The monoisotopic (exact) mass is 297 g/mol. The van der Waals surface area contributed by atoms with Gasteiger partial charge in [0.1, 0.15) is 0 Å². The summed E-state index contributed by atoms with van der Waals surface area (Å²) in [7, 11) is 0. The van der Waals surface area contributed by atoms with Crippen LogP contribution in [0, 0.1) is 11.3 Å². The van der Waals surface area contributed by atoms with E-state index in [1.807, 2.05) is 0 Å². The molecule has 0 aliphatic rings. The third-order valence-corrected chi connectivity index (χ3v) is 3.92. The van der Waals surface area contributed by atoms with Gasteiger partial charge in [0.15, 0.2) is 5.78 Å². The van der Waals surface area contributed by atoms with Crippen molar-refractivity contribution in [3.05, 3.63) is 28.2 Å². The van der Waals surface area contributed by atoms with Gasteiger partial charge in [-0.2, -0.15) is 0 Å². The first-order valence-corrected chi connectivity index (χ1v) is 6.59. The average molecular weight is 298 g/mol. The molecule has 0 bridgehead atoms. The maximum atomic E-state index is 12.2. The van der Waals surface area contributed by atoms with Crippen LogP contribution in [0.5, 0.6) is 0 Å². The number of nitrogens with two attached hydrogens (primary N) is 1. The second kappa shape index (κ2) is 5.21. The second-order valence-electron chi connectivity index (χ2n) is 5.63. The Morgan fingerprint density at radius 1 is 1.41 bits per heavy atom. The zero-order valence-corrected chi connectivity index (χ0v) is 12.5. The van der Waals surface area contributed by atoms with Crippen molar-refractivity contribution in [2.75, 3.05) is 5.73 Å². The molecule has 0 spiro atoms. The van der Waals surface area contributed by atoms with Crippen molar-refractivity contribution >= 4 is 27.4 Å². The van der Waals surface area contributed by atoms with Crippen molar-refractivity contribution in [2.24, 2.45) is 11.3 Å². The van der Waals surface area contributed by atoms with Crippen molar-refractivity contribution in [3.63, 3.8) is 0 Å². The Bertz CT molecular complexity index is 421. The number of halogens is 1. The molecule has 0 saturated carbocycles. The van der Waals surface area contributed by atoms with E-state index in [0.717, 1.165) is 10.0 Å². The molecule has 2 nitrogen and oxygen atoms in total. The van der Waals surface area contributed by atoms with Crippen LogP contribution < -0.4 is 5.73 Å². The largest absolute Gasteiger partial charge is 0.399 e. The molecule has 1 unspecified atom stereocenters. The first-order valence-electron chi connectivity index (χ1n) is 5.80. The minimum atomic E-state index is 0.149. The number of ketones is 1. The van der Waals surface area contributed by atoms with E-state index >= 15 is 0 Å². The van der Waals surface area contributed by atoms with Gasteiger partial charge >= 0.3 is 0 Å². The molecule has 17 heavy (non-hydrogen) atoms. The fraction of sp³-hybridized carbons (Fsp3) is 0.500. The van der Waals surface area contributed by atoms with Crippen LogP contribution in [0.2, 0.25) is 0 Å². The van der Waals surface area contributed by atoms with Gasteiger partial charge in [-0.05, 0) is 45.5 Å². The summed E-state index contributed by atoms with van der Waals surface area (Å²) in [4.78, 5) is 12.2. The SMILES string of the molecule is CC(CC(=O)c1ccc(N)cc1Br)C(C)(C)C. The number of hydrogen-bond acceptors (Lipinski definition) is 2. The molecule has 0 amide bonds. The van der Waals surface area contributed by atoms with E-state index in [9.17, 15) is 4.79 Å². The summed E-state index contributed by atoms with van der Waals surface area (Å²) in [5, 5.41) is 0. The summed E-state index contributed by atoms with van der Waals surface area (Å²) in [6, 6.07) is 5.33. The van der Waals surface area contributed by atoms with Crippen LogP contribution in [0.3, 0.4) is 0 Å². The van der Waals surface area contributed by atoms with E-state index in [1.165, 1.54) is 0 Å². The molecule has 1 aromatic carbocycles. The molecule has 0 aliphatic heterocycles. The van der Waals surface area contributed by atoms with E-state index in [4.69, 9.17) is 5.73 Å². The molecule has 2 N–H and O–H groups in total. The topological polar surface area (TPSA) is 43.1 Å². The Hall–Kier alpha value is -0.830. The molecule has 3 heteroatoms. The van der Waals surface area contributed by atoms with Crippen LogP contribution in [-0.4, -0.2) is 5.78 Å². The number of rotatable bonds is 3. The number of carbonyl (C=O) groups excluding carboxylic acids is 1. The third kappa shape index (κ3) is 3.84. The molecule has 1 atom stereocenters. The Morgan fingerprint density at radius 2 is 2.00 bits per heavy atom. The molecular weight excluding hydrogens is 278 g/mol. The second-order valence-corrected chi connectivity index (χ2v) is 6.49. The van der Waals surface area contributed by atoms with Gasteiger partial charge in [-0.3, -0.25) is 4.79 Å². The normalized spacial score (nSPS) is 13.5. The lowest BCUT2D eigenvalue weighted by atomic mass is 9.78. The van der Waals surface area contributed by atoms with Crippen LogP contribution in [0.25, 0.3) is 0 Å². The molecule has 0 saturated heterocycles.